The van der Waals surface area contributed by atoms with Crippen LogP contribution in [-0.2, 0) is 24.1 Å². The normalized spacial score (nSPS) is 12.8. The summed E-state index contributed by atoms with van der Waals surface area (Å²) in [5.74, 6) is -0.540. The van der Waals surface area contributed by atoms with Crippen LogP contribution in [0, 0.1) is 13.8 Å². The fourth-order valence-electron chi connectivity index (χ4n) is 4.68. The summed E-state index contributed by atoms with van der Waals surface area (Å²) >= 11 is 1.59. The Hall–Kier alpha value is -3.52. The number of carbonyl (C=O) groups excluding carboxylic acids is 2. The van der Waals surface area contributed by atoms with Gasteiger partial charge in [-0.05, 0) is 69.0 Å². The molecule has 0 fully saturated rings. The molecule has 0 saturated carbocycles. The minimum atomic E-state index is -0.398. The van der Waals surface area contributed by atoms with Crippen molar-refractivity contribution in [2.24, 2.45) is 0 Å². The predicted octanol–water partition coefficient (Wildman–Crippen LogP) is 4.02. The first-order valence-electron chi connectivity index (χ1n) is 10.8. The molecule has 0 bridgehead atoms. The van der Waals surface area contributed by atoms with Gasteiger partial charge in [0.15, 0.2) is 5.78 Å². The monoisotopic (exact) mass is 461 g/mol. The number of Topliss-reactive ketones (excluding diaryl/α,β-unsaturated/α-hetero) is 1. The maximum Gasteiger partial charge on any atom is 0.337 e. The third-order valence-electron chi connectivity index (χ3n) is 6.28. The molecule has 0 radical (unpaired) electrons. The highest BCUT2D eigenvalue weighted by Gasteiger charge is 2.23. The first-order valence-corrected chi connectivity index (χ1v) is 11.6. The Morgan fingerprint density at radius 1 is 1.15 bits per heavy atom. The van der Waals surface area contributed by atoms with Gasteiger partial charge in [-0.15, -0.1) is 11.3 Å². The Labute approximate surface area is 194 Å². The maximum atomic E-state index is 13.2. The van der Waals surface area contributed by atoms with Crippen LogP contribution in [0.4, 0.5) is 0 Å². The molecule has 0 N–H and O–H groups in total. The van der Waals surface area contributed by atoms with Crippen LogP contribution >= 0.6 is 11.3 Å². The topological polar surface area (TPSA) is 83.2 Å². The minimum absolute atomic E-state index is 0.0576. The van der Waals surface area contributed by atoms with E-state index in [2.05, 4.69) is 4.98 Å². The van der Waals surface area contributed by atoms with Crippen molar-refractivity contribution in [3.05, 3.63) is 80.0 Å². The molecule has 33 heavy (non-hydrogen) atoms. The second kappa shape index (κ2) is 8.12. The zero-order valence-electron chi connectivity index (χ0n) is 18.7. The van der Waals surface area contributed by atoms with Crippen molar-refractivity contribution in [2.75, 3.05) is 7.11 Å². The fourth-order valence-corrected chi connectivity index (χ4v) is 5.90. The molecule has 1 aliphatic rings. The molecule has 1 aromatic carbocycles. The lowest BCUT2D eigenvalue weighted by Gasteiger charge is -2.11. The molecule has 1 aliphatic carbocycles. The van der Waals surface area contributed by atoms with Crippen LogP contribution in [0.25, 0.3) is 15.9 Å². The van der Waals surface area contributed by atoms with Gasteiger partial charge in [0, 0.05) is 27.5 Å². The number of hydrogen-bond acceptors (Lipinski definition) is 6. The van der Waals surface area contributed by atoms with Crippen LogP contribution in [0.5, 0.6) is 0 Å². The molecular formula is C25H23N3O4S. The van der Waals surface area contributed by atoms with Crippen LogP contribution in [-0.4, -0.2) is 33.0 Å². The molecule has 8 heteroatoms. The number of methoxy groups -OCH3 is 1. The lowest BCUT2D eigenvalue weighted by atomic mass is 10.1. The second-order valence-electron chi connectivity index (χ2n) is 8.30. The van der Waals surface area contributed by atoms with Crippen LogP contribution in [0.15, 0.2) is 41.5 Å². The van der Waals surface area contributed by atoms with Crippen molar-refractivity contribution in [3.8, 4) is 5.69 Å². The highest BCUT2D eigenvalue weighted by molar-refractivity contribution is 7.18. The smallest absolute Gasteiger partial charge is 0.337 e. The van der Waals surface area contributed by atoms with Crippen molar-refractivity contribution in [3.63, 3.8) is 0 Å². The average Bonchev–Trinajstić information content (AvgIpc) is 3.48. The standard InChI is InChI=1S/C25H23N3O4S/c1-14-11-19(15(2)28(14)17-9-7-16(8-10-17)25(31)32-3)20(29)12-27-13-26-23-22(24(27)30)18-5-4-6-21(18)33-23/h7-11,13H,4-6,12H2,1-3H3. The van der Waals surface area contributed by atoms with Crippen molar-refractivity contribution in [1.29, 1.82) is 0 Å². The van der Waals surface area contributed by atoms with Gasteiger partial charge in [0.1, 0.15) is 4.83 Å². The Morgan fingerprint density at radius 2 is 1.91 bits per heavy atom. The molecule has 7 nitrogen and oxygen atoms in total. The number of nitrogens with zero attached hydrogens (tertiary/aromatic N) is 3. The van der Waals surface area contributed by atoms with Gasteiger partial charge in [-0.25, -0.2) is 9.78 Å². The summed E-state index contributed by atoms with van der Waals surface area (Å²) < 4.78 is 8.14. The molecule has 0 unspecified atom stereocenters. The van der Waals surface area contributed by atoms with Crippen LogP contribution in [0.1, 0.15) is 49.0 Å². The van der Waals surface area contributed by atoms with Gasteiger partial charge in [0.25, 0.3) is 5.56 Å². The molecule has 3 aromatic heterocycles. The summed E-state index contributed by atoms with van der Waals surface area (Å²) in [6.45, 7) is 3.74. The highest BCUT2D eigenvalue weighted by Crippen LogP contribution is 2.34. The van der Waals surface area contributed by atoms with Crippen LogP contribution in [0.2, 0.25) is 0 Å². The molecule has 0 saturated heterocycles. The van der Waals surface area contributed by atoms with E-state index >= 15 is 0 Å². The van der Waals surface area contributed by atoms with Crippen molar-refractivity contribution in [2.45, 2.75) is 39.7 Å². The fraction of sp³-hybridized carbons (Fsp3) is 0.280. The summed E-state index contributed by atoms with van der Waals surface area (Å²) in [6.07, 6.45) is 4.46. The van der Waals surface area contributed by atoms with E-state index in [0.717, 1.165) is 46.7 Å². The van der Waals surface area contributed by atoms with Crippen molar-refractivity contribution < 1.29 is 14.3 Å². The summed E-state index contributed by atoms with van der Waals surface area (Å²) in [5, 5.41) is 0.680. The largest absolute Gasteiger partial charge is 0.465 e. The van der Waals surface area contributed by atoms with Crippen LogP contribution in [0.3, 0.4) is 0 Å². The van der Waals surface area contributed by atoms with Gasteiger partial charge in [-0.2, -0.15) is 0 Å². The average molecular weight is 462 g/mol. The van der Waals surface area contributed by atoms with E-state index in [-0.39, 0.29) is 17.9 Å². The molecule has 0 aliphatic heterocycles. The maximum absolute atomic E-state index is 13.2. The van der Waals surface area contributed by atoms with E-state index in [1.165, 1.54) is 22.9 Å². The molecule has 0 atom stereocenters. The number of aromatic nitrogens is 3. The number of thiophene rings is 1. The SMILES string of the molecule is COC(=O)c1ccc(-n2c(C)cc(C(=O)Cn3cnc4sc5c(c4c3=O)CCC5)c2C)cc1. The minimum Gasteiger partial charge on any atom is -0.465 e. The number of carbonyl (C=O) groups is 2. The third-order valence-corrected chi connectivity index (χ3v) is 7.48. The summed E-state index contributed by atoms with van der Waals surface area (Å²) in [5.41, 5.74) is 4.50. The number of ether oxygens (including phenoxy) is 1. The van der Waals surface area contributed by atoms with Gasteiger partial charge < -0.3 is 9.30 Å². The van der Waals surface area contributed by atoms with Gasteiger partial charge in [-0.3, -0.25) is 14.2 Å². The number of rotatable bonds is 5. The van der Waals surface area contributed by atoms with E-state index in [1.54, 1.807) is 23.5 Å². The first kappa shape index (κ1) is 21.3. The van der Waals surface area contributed by atoms with Crippen molar-refractivity contribution >= 4 is 33.3 Å². The summed E-state index contributed by atoms with van der Waals surface area (Å²) in [7, 11) is 1.35. The number of ketones is 1. The highest BCUT2D eigenvalue weighted by atomic mass is 32.1. The van der Waals surface area contributed by atoms with E-state index in [0.29, 0.717) is 16.5 Å². The predicted molar refractivity (Wildman–Crippen MR) is 127 cm³/mol. The number of hydrogen-bond donors (Lipinski definition) is 0. The summed E-state index contributed by atoms with van der Waals surface area (Å²) in [6, 6.07) is 8.87. The van der Waals surface area contributed by atoms with E-state index in [1.807, 2.05) is 36.6 Å². The van der Waals surface area contributed by atoms with Gasteiger partial charge in [-0.1, -0.05) is 0 Å². The van der Waals surface area contributed by atoms with E-state index < -0.39 is 5.97 Å². The zero-order chi connectivity index (χ0) is 23.3. The van der Waals surface area contributed by atoms with Gasteiger partial charge in [0.05, 0.1) is 30.9 Å². The molecule has 5 rings (SSSR count). The van der Waals surface area contributed by atoms with Gasteiger partial charge >= 0.3 is 5.97 Å². The number of aryl methyl sites for hydroxylation is 3. The number of benzene rings is 1. The Balaban J connectivity index is 1.46. The van der Waals surface area contributed by atoms with Crippen LogP contribution < -0.4 is 5.56 Å². The zero-order valence-corrected chi connectivity index (χ0v) is 19.5. The lowest BCUT2D eigenvalue weighted by molar-refractivity contribution is 0.0600. The molecule has 0 amide bonds. The van der Waals surface area contributed by atoms with Gasteiger partial charge in [0.2, 0.25) is 0 Å². The Kier molecular flexibility index (Phi) is 5.25. The molecule has 168 valence electrons. The third kappa shape index (κ3) is 3.51. The quantitative estimate of drug-likeness (QED) is 0.331. The Morgan fingerprint density at radius 3 is 2.64 bits per heavy atom. The molecular weight excluding hydrogens is 438 g/mol. The number of esters is 1. The second-order valence-corrected chi connectivity index (χ2v) is 9.38. The van der Waals surface area contributed by atoms with Crippen molar-refractivity contribution in [1.82, 2.24) is 14.1 Å². The lowest BCUT2D eigenvalue weighted by Crippen LogP contribution is -2.25. The van der Waals surface area contributed by atoms with E-state index in [4.69, 9.17) is 4.74 Å². The number of fused-ring (bicyclic) bond motifs is 3. The Bertz CT molecular complexity index is 1470. The molecule has 4 aromatic rings. The molecule has 0 spiro atoms. The summed E-state index contributed by atoms with van der Waals surface area (Å²) in [4.78, 5) is 44.5. The molecule has 3 heterocycles. The first-order chi connectivity index (χ1) is 15.9. The van der Waals surface area contributed by atoms with E-state index in [9.17, 15) is 14.4 Å².